The number of nitrogens with zero attached hydrogens (tertiary/aromatic N) is 1. The zero-order valence-electron chi connectivity index (χ0n) is 9.48. The Bertz CT molecular complexity index is 392. The fourth-order valence-electron chi connectivity index (χ4n) is 2.01. The summed E-state index contributed by atoms with van der Waals surface area (Å²) in [7, 11) is 0. The molecule has 0 unspecified atom stereocenters. The van der Waals surface area contributed by atoms with E-state index >= 15 is 0 Å². The van der Waals surface area contributed by atoms with Crippen LogP contribution < -0.4 is 5.32 Å². The van der Waals surface area contributed by atoms with Crippen LogP contribution in [0.2, 0.25) is 0 Å². The van der Waals surface area contributed by atoms with Crippen molar-refractivity contribution in [1.29, 1.82) is 0 Å². The van der Waals surface area contributed by atoms with Crippen LogP contribution in [0.3, 0.4) is 0 Å². The smallest absolute Gasteiger partial charge is 0.147 e. The van der Waals surface area contributed by atoms with Crippen LogP contribution >= 0.6 is 15.9 Å². The molecule has 2 nitrogen and oxygen atoms in total. The fourth-order valence-corrected chi connectivity index (χ4v) is 2.33. The normalized spacial score (nSPS) is 16.4. The zero-order valence-corrected chi connectivity index (χ0v) is 11.1. The largest absolute Gasteiger partial charge is 0.381 e. The van der Waals surface area contributed by atoms with Crippen molar-refractivity contribution >= 4 is 21.6 Å². The number of rotatable bonds is 4. The second-order valence-electron chi connectivity index (χ2n) is 4.22. The molecule has 0 radical (unpaired) electrons. The van der Waals surface area contributed by atoms with E-state index in [0.29, 0.717) is 6.54 Å². The van der Waals surface area contributed by atoms with Gasteiger partial charge < -0.3 is 10.2 Å². The first-order valence-electron chi connectivity index (χ1n) is 5.77. The van der Waals surface area contributed by atoms with E-state index in [0.717, 1.165) is 25.7 Å². The molecular formula is C12H15BrF2N2. The van der Waals surface area contributed by atoms with Gasteiger partial charge in [-0.25, -0.2) is 8.78 Å². The summed E-state index contributed by atoms with van der Waals surface area (Å²) in [6.07, 6.45) is 2.47. The first-order chi connectivity index (χ1) is 8.16. The van der Waals surface area contributed by atoms with Gasteiger partial charge in [0.2, 0.25) is 0 Å². The van der Waals surface area contributed by atoms with Crippen LogP contribution in [0.15, 0.2) is 16.6 Å². The Balaban J connectivity index is 1.87. The van der Waals surface area contributed by atoms with Gasteiger partial charge in [-0.15, -0.1) is 0 Å². The molecule has 1 aliphatic rings. The summed E-state index contributed by atoms with van der Waals surface area (Å²) in [6, 6.07) is 2.33. The summed E-state index contributed by atoms with van der Waals surface area (Å²) >= 11 is 2.95. The molecule has 1 saturated heterocycles. The van der Waals surface area contributed by atoms with Crippen LogP contribution in [0.5, 0.6) is 0 Å². The minimum absolute atomic E-state index is 0.153. The van der Waals surface area contributed by atoms with Crippen molar-refractivity contribution in [3.8, 4) is 0 Å². The van der Waals surface area contributed by atoms with E-state index in [1.165, 1.54) is 18.9 Å². The summed E-state index contributed by atoms with van der Waals surface area (Å²) in [5.74, 6) is -0.880. The van der Waals surface area contributed by atoms with Gasteiger partial charge in [-0.2, -0.15) is 0 Å². The van der Waals surface area contributed by atoms with Gasteiger partial charge >= 0.3 is 0 Å². The number of likely N-dealkylation sites (tertiary alicyclic amines) is 1. The Kier molecular flexibility index (Phi) is 4.34. The van der Waals surface area contributed by atoms with Crippen LogP contribution in [0.4, 0.5) is 14.5 Å². The molecule has 1 N–H and O–H groups in total. The SMILES string of the molecule is Fc1cc(NCCN2CCCC2)c(F)cc1Br. The molecule has 0 aliphatic carbocycles. The summed E-state index contributed by atoms with van der Waals surface area (Å²) in [5.41, 5.74) is 0.227. The van der Waals surface area contributed by atoms with E-state index in [4.69, 9.17) is 0 Å². The van der Waals surface area contributed by atoms with Crippen molar-refractivity contribution in [2.75, 3.05) is 31.5 Å². The molecule has 0 saturated carbocycles. The number of benzene rings is 1. The van der Waals surface area contributed by atoms with E-state index in [1.807, 2.05) is 0 Å². The van der Waals surface area contributed by atoms with Crippen LogP contribution in [0, 0.1) is 11.6 Å². The average molecular weight is 305 g/mol. The maximum absolute atomic E-state index is 13.5. The number of hydrogen-bond acceptors (Lipinski definition) is 2. The molecule has 1 aliphatic heterocycles. The number of nitrogens with one attached hydrogen (secondary N) is 1. The molecule has 94 valence electrons. The van der Waals surface area contributed by atoms with Gasteiger partial charge in [0.25, 0.3) is 0 Å². The third kappa shape index (κ3) is 3.39. The number of anilines is 1. The molecule has 0 atom stereocenters. The maximum Gasteiger partial charge on any atom is 0.147 e. The summed E-state index contributed by atoms with van der Waals surface area (Å²) < 4.78 is 26.8. The molecule has 1 heterocycles. The summed E-state index contributed by atoms with van der Waals surface area (Å²) in [6.45, 7) is 3.73. The van der Waals surface area contributed by atoms with E-state index in [1.54, 1.807) is 0 Å². The molecule has 2 rings (SSSR count). The highest BCUT2D eigenvalue weighted by Gasteiger charge is 2.11. The zero-order chi connectivity index (χ0) is 12.3. The highest BCUT2D eigenvalue weighted by atomic mass is 79.9. The predicted octanol–water partition coefficient (Wildman–Crippen LogP) is 3.24. The van der Waals surface area contributed by atoms with Gasteiger partial charge in [0.05, 0.1) is 10.2 Å². The molecule has 1 aromatic carbocycles. The molecule has 0 spiro atoms. The lowest BCUT2D eigenvalue weighted by molar-refractivity contribution is 0.352. The van der Waals surface area contributed by atoms with Crippen LogP contribution in [0.25, 0.3) is 0 Å². The van der Waals surface area contributed by atoms with Gasteiger partial charge in [-0.05, 0) is 47.9 Å². The molecular weight excluding hydrogens is 290 g/mol. The molecule has 0 amide bonds. The van der Waals surface area contributed by atoms with Crippen molar-refractivity contribution in [3.63, 3.8) is 0 Å². The quantitative estimate of drug-likeness (QED) is 0.859. The minimum Gasteiger partial charge on any atom is -0.381 e. The van der Waals surface area contributed by atoms with Gasteiger partial charge in [0.1, 0.15) is 11.6 Å². The molecule has 1 fully saturated rings. The molecule has 0 bridgehead atoms. The third-order valence-electron chi connectivity index (χ3n) is 2.95. The Morgan fingerprint density at radius 1 is 1.18 bits per heavy atom. The number of hydrogen-bond donors (Lipinski definition) is 1. The lowest BCUT2D eigenvalue weighted by atomic mass is 10.3. The minimum atomic E-state index is -0.449. The highest BCUT2D eigenvalue weighted by molar-refractivity contribution is 9.10. The lowest BCUT2D eigenvalue weighted by Crippen LogP contribution is -2.26. The second kappa shape index (κ2) is 5.78. The Morgan fingerprint density at radius 3 is 2.59 bits per heavy atom. The topological polar surface area (TPSA) is 15.3 Å². The first-order valence-corrected chi connectivity index (χ1v) is 6.57. The van der Waals surface area contributed by atoms with E-state index < -0.39 is 11.6 Å². The third-order valence-corrected chi connectivity index (χ3v) is 3.56. The van der Waals surface area contributed by atoms with E-state index in [2.05, 4.69) is 26.1 Å². The van der Waals surface area contributed by atoms with Gasteiger partial charge in [0, 0.05) is 19.2 Å². The van der Waals surface area contributed by atoms with Gasteiger partial charge in [-0.3, -0.25) is 0 Å². The van der Waals surface area contributed by atoms with Gasteiger partial charge in [-0.1, -0.05) is 0 Å². The van der Waals surface area contributed by atoms with Crippen LogP contribution in [-0.4, -0.2) is 31.1 Å². The Morgan fingerprint density at radius 2 is 1.88 bits per heavy atom. The van der Waals surface area contributed by atoms with E-state index in [9.17, 15) is 8.78 Å². The summed E-state index contributed by atoms with van der Waals surface area (Å²) in [5, 5.41) is 2.93. The second-order valence-corrected chi connectivity index (χ2v) is 5.08. The summed E-state index contributed by atoms with van der Waals surface area (Å²) in [4.78, 5) is 2.32. The Hall–Kier alpha value is -0.680. The lowest BCUT2D eigenvalue weighted by Gasteiger charge is -2.15. The van der Waals surface area contributed by atoms with Crippen LogP contribution in [-0.2, 0) is 0 Å². The molecule has 17 heavy (non-hydrogen) atoms. The average Bonchev–Trinajstić information content (AvgIpc) is 2.78. The molecule has 1 aromatic rings. The maximum atomic E-state index is 13.5. The fraction of sp³-hybridized carbons (Fsp3) is 0.500. The van der Waals surface area contributed by atoms with Crippen molar-refractivity contribution in [1.82, 2.24) is 4.90 Å². The first kappa shape index (κ1) is 12.8. The van der Waals surface area contributed by atoms with Crippen molar-refractivity contribution in [2.45, 2.75) is 12.8 Å². The number of halogens is 3. The standard InChI is InChI=1S/C12H15BrF2N2/c13-9-7-11(15)12(8-10(9)14)16-3-6-17-4-1-2-5-17/h7-8,16H,1-6H2. The monoisotopic (exact) mass is 304 g/mol. The highest BCUT2D eigenvalue weighted by Crippen LogP contribution is 2.23. The molecule has 0 aromatic heterocycles. The molecule has 5 heteroatoms. The van der Waals surface area contributed by atoms with Crippen molar-refractivity contribution in [3.05, 3.63) is 28.2 Å². The van der Waals surface area contributed by atoms with Crippen molar-refractivity contribution < 1.29 is 8.78 Å². The van der Waals surface area contributed by atoms with Crippen LogP contribution in [0.1, 0.15) is 12.8 Å². The van der Waals surface area contributed by atoms with E-state index in [-0.39, 0.29) is 10.2 Å². The Labute approximate surface area is 108 Å². The van der Waals surface area contributed by atoms with Crippen molar-refractivity contribution in [2.24, 2.45) is 0 Å². The van der Waals surface area contributed by atoms with Gasteiger partial charge in [0.15, 0.2) is 0 Å². The predicted molar refractivity (Wildman–Crippen MR) is 68.2 cm³/mol.